The molecule has 18 heavy (non-hydrogen) atoms. The first kappa shape index (κ1) is 13.4. The van der Waals surface area contributed by atoms with Gasteiger partial charge in [-0.15, -0.1) is 0 Å². The van der Waals surface area contributed by atoms with Crippen molar-refractivity contribution in [2.24, 2.45) is 0 Å². The summed E-state index contributed by atoms with van der Waals surface area (Å²) in [5.74, 6) is -0.944. The molecule has 0 radical (unpaired) electrons. The number of imidazole rings is 1. The van der Waals surface area contributed by atoms with Crippen molar-refractivity contribution >= 4 is 17.7 Å². The van der Waals surface area contributed by atoms with Gasteiger partial charge >= 0.3 is 5.97 Å². The van der Waals surface area contributed by atoms with Crippen LogP contribution in [0.3, 0.4) is 0 Å². The zero-order valence-electron chi connectivity index (χ0n) is 10.6. The summed E-state index contributed by atoms with van der Waals surface area (Å²) in [4.78, 5) is 20.7. The number of piperidine rings is 1. The Balaban J connectivity index is 1.98. The van der Waals surface area contributed by atoms with E-state index in [1.807, 2.05) is 6.26 Å². The van der Waals surface area contributed by atoms with E-state index in [0.29, 0.717) is 5.16 Å². The van der Waals surface area contributed by atoms with Gasteiger partial charge in [0.1, 0.15) is 0 Å². The van der Waals surface area contributed by atoms with E-state index in [-0.39, 0.29) is 5.69 Å². The number of carbonyl (C=O) groups is 1. The minimum atomic E-state index is -0.944. The third-order valence-electron chi connectivity index (χ3n) is 3.28. The predicted octanol–water partition coefficient (Wildman–Crippen LogP) is 1.86. The molecule has 1 aromatic rings. The number of H-pyrrole nitrogens is 1. The fraction of sp³-hybridized carbons (Fsp3) is 0.667. The number of aromatic amines is 1. The van der Waals surface area contributed by atoms with Crippen molar-refractivity contribution in [2.75, 3.05) is 25.9 Å². The highest BCUT2D eigenvalue weighted by Gasteiger charge is 2.17. The number of aromatic nitrogens is 2. The molecular weight excluding hydrogens is 250 g/mol. The number of hydrogen-bond donors (Lipinski definition) is 2. The topological polar surface area (TPSA) is 69.2 Å². The first-order chi connectivity index (χ1) is 8.70. The number of nitrogens with zero attached hydrogens (tertiary/aromatic N) is 2. The summed E-state index contributed by atoms with van der Waals surface area (Å²) in [5, 5.41) is 9.79. The maximum absolute atomic E-state index is 11.1. The lowest BCUT2D eigenvalue weighted by Crippen LogP contribution is -2.31. The van der Waals surface area contributed by atoms with Crippen molar-refractivity contribution in [1.82, 2.24) is 14.9 Å². The van der Waals surface area contributed by atoms with Crippen LogP contribution in [-0.2, 0) is 6.42 Å². The highest BCUT2D eigenvalue weighted by atomic mass is 32.2. The van der Waals surface area contributed by atoms with Crippen molar-refractivity contribution in [3.63, 3.8) is 0 Å². The molecule has 0 amide bonds. The van der Waals surface area contributed by atoms with Gasteiger partial charge in [-0.25, -0.2) is 9.78 Å². The molecule has 2 rings (SSSR count). The number of nitrogens with one attached hydrogen (secondary N) is 1. The second-order valence-electron chi connectivity index (χ2n) is 4.53. The van der Waals surface area contributed by atoms with Gasteiger partial charge in [0.15, 0.2) is 10.9 Å². The molecule has 0 aliphatic carbocycles. The number of hydrogen-bond acceptors (Lipinski definition) is 4. The van der Waals surface area contributed by atoms with E-state index in [9.17, 15) is 4.79 Å². The third-order valence-corrected chi connectivity index (χ3v) is 3.86. The zero-order chi connectivity index (χ0) is 13.0. The predicted molar refractivity (Wildman–Crippen MR) is 71.3 cm³/mol. The molecule has 0 bridgehead atoms. The Morgan fingerprint density at radius 3 is 2.78 bits per heavy atom. The highest BCUT2D eigenvalue weighted by Crippen LogP contribution is 2.16. The molecular formula is C12H19N3O2S. The van der Waals surface area contributed by atoms with Gasteiger partial charge in [-0.1, -0.05) is 18.2 Å². The number of thioether (sulfide) groups is 1. The summed E-state index contributed by atoms with van der Waals surface area (Å²) in [6.07, 6.45) is 6.45. The lowest BCUT2D eigenvalue weighted by molar-refractivity contribution is 0.0689. The van der Waals surface area contributed by atoms with Crippen LogP contribution in [0.1, 0.15) is 35.4 Å². The van der Waals surface area contributed by atoms with E-state index in [4.69, 9.17) is 5.11 Å². The SMILES string of the molecule is CSc1nc(C(=O)O)c(CCN2CCCCC2)[nH]1. The maximum Gasteiger partial charge on any atom is 0.356 e. The van der Waals surface area contributed by atoms with Gasteiger partial charge in [0.25, 0.3) is 0 Å². The van der Waals surface area contributed by atoms with E-state index >= 15 is 0 Å². The number of carboxylic acids is 1. The Morgan fingerprint density at radius 1 is 1.44 bits per heavy atom. The van der Waals surface area contributed by atoms with E-state index < -0.39 is 5.97 Å². The molecule has 1 saturated heterocycles. The molecule has 0 spiro atoms. The maximum atomic E-state index is 11.1. The van der Waals surface area contributed by atoms with Crippen LogP contribution in [0.2, 0.25) is 0 Å². The van der Waals surface area contributed by atoms with Crippen molar-refractivity contribution < 1.29 is 9.90 Å². The van der Waals surface area contributed by atoms with Gasteiger partial charge in [-0.3, -0.25) is 0 Å². The fourth-order valence-electron chi connectivity index (χ4n) is 2.29. The largest absolute Gasteiger partial charge is 0.476 e. The Bertz CT molecular complexity index is 413. The van der Waals surface area contributed by atoms with Gasteiger partial charge in [0, 0.05) is 13.0 Å². The first-order valence-corrected chi connectivity index (χ1v) is 7.51. The van der Waals surface area contributed by atoms with Crippen LogP contribution in [-0.4, -0.2) is 51.8 Å². The van der Waals surface area contributed by atoms with Crippen LogP contribution in [0.4, 0.5) is 0 Å². The first-order valence-electron chi connectivity index (χ1n) is 6.29. The Morgan fingerprint density at radius 2 is 2.17 bits per heavy atom. The highest BCUT2D eigenvalue weighted by molar-refractivity contribution is 7.98. The van der Waals surface area contributed by atoms with Gasteiger partial charge < -0.3 is 15.0 Å². The van der Waals surface area contributed by atoms with Crippen LogP contribution in [0.15, 0.2) is 5.16 Å². The molecule has 0 unspecified atom stereocenters. The smallest absolute Gasteiger partial charge is 0.356 e. The van der Waals surface area contributed by atoms with Gasteiger partial charge in [0.2, 0.25) is 0 Å². The molecule has 2 heterocycles. The second kappa shape index (κ2) is 6.24. The van der Waals surface area contributed by atoms with Gasteiger partial charge in [0.05, 0.1) is 5.69 Å². The van der Waals surface area contributed by atoms with E-state index in [1.54, 1.807) is 0 Å². The minimum absolute atomic E-state index is 0.177. The molecule has 0 aromatic carbocycles. The fourth-order valence-corrected chi connectivity index (χ4v) is 2.70. The van der Waals surface area contributed by atoms with Gasteiger partial charge in [-0.05, 0) is 32.2 Å². The summed E-state index contributed by atoms with van der Waals surface area (Å²) in [6.45, 7) is 3.17. The average molecular weight is 269 g/mol. The molecule has 1 aromatic heterocycles. The van der Waals surface area contributed by atoms with E-state index in [2.05, 4.69) is 14.9 Å². The Kier molecular flexibility index (Phi) is 4.66. The molecule has 2 N–H and O–H groups in total. The molecule has 1 aliphatic heterocycles. The number of rotatable bonds is 5. The lowest BCUT2D eigenvalue weighted by Gasteiger charge is -2.26. The summed E-state index contributed by atoms with van der Waals surface area (Å²) in [7, 11) is 0. The van der Waals surface area contributed by atoms with E-state index in [1.165, 1.54) is 31.0 Å². The van der Waals surface area contributed by atoms with Crippen molar-refractivity contribution in [1.29, 1.82) is 0 Å². The van der Waals surface area contributed by atoms with Crippen molar-refractivity contribution in [3.8, 4) is 0 Å². The number of likely N-dealkylation sites (tertiary alicyclic amines) is 1. The quantitative estimate of drug-likeness (QED) is 0.798. The van der Waals surface area contributed by atoms with Crippen LogP contribution < -0.4 is 0 Å². The Hall–Kier alpha value is -1.01. The number of carboxylic acid groups (broad SMARTS) is 1. The van der Waals surface area contributed by atoms with Crippen molar-refractivity contribution in [2.45, 2.75) is 30.8 Å². The summed E-state index contributed by atoms with van der Waals surface area (Å²) in [5.41, 5.74) is 0.925. The summed E-state index contributed by atoms with van der Waals surface area (Å²) in [6, 6.07) is 0. The Labute approximate surface area is 111 Å². The average Bonchev–Trinajstić information content (AvgIpc) is 2.81. The molecule has 1 aliphatic rings. The van der Waals surface area contributed by atoms with Crippen LogP contribution in [0.25, 0.3) is 0 Å². The lowest BCUT2D eigenvalue weighted by atomic mass is 10.1. The summed E-state index contributed by atoms with van der Waals surface area (Å²) >= 11 is 1.44. The second-order valence-corrected chi connectivity index (χ2v) is 5.33. The van der Waals surface area contributed by atoms with Crippen molar-refractivity contribution in [3.05, 3.63) is 11.4 Å². The molecule has 1 fully saturated rings. The van der Waals surface area contributed by atoms with Crippen LogP contribution in [0, 0.1) is 0 Å². The van der Waals surface area contributed by atoms with Crippen LogP contribution in [0.5, 0.6) is 0 Å². The van der Waals surface area contributed by atoms with Gasteiger partial charge in [-0.2, -0.15) is 0 Å². The number of aromatic carboxylic acids is 1. The molecule has 100 valence electrons. The molecule has 5 nitrogen and oxygen atoms in total. The standard InChI is InChI=1S/C12H19N3O2S/c1-18-12-13-9(10(14-12)11(16)17)5-8-15-6-3-2-4-7-15/h2-8H2,1H3,(H,13,14)(H,16,17). The normalized spacial score (nSPS) is 16.9. The molecule has 0 saturated carbocycles. The monoisotopic (exact) mass is 269 g/mol. The summed E-state index contributed by atoms with van der Waals surface area (Å²) < 4.78 is 0. The zero-order valence-corrected chi connectivity index (χ0v) is 11.4. The molecule has 0 atom stereocenters. The minimum Gasteiger partial charge on any atom is -0.476 e. The van der Waals surface area contributed by atoms with E-state index in [0.717, 1.165) is 31.7 Å². The van der Waals surface area contributed by atoms with Crippen LogP contribution >= 0.6 is 11.8 Å². The molecule has 6 heteroatoms. The third kappa shape index (κ3) is 3.26.